The second-order valence-corrected chi connectivity index (χ2v) is 4.86. The molecular weight excluding hydrogens is 210 g/mol. The van der Waals surface area contributed by atoms with Gasteiger partial charge in [-0.25, -0.2) is 4.98 Å². The van der Waals surface area contributed by atoms with Gasteiger partial charge < -0.3 is 9.88 Å². The van der Waals surface area contributed by atoms with E-state index in [1.54, 1.807) is 6.20 Å². The van der Waals surface area contributed by atoms with Gasteiger partial charge in [-0.05, 0) is 18.8 Å². The SMILES string of the molecule is Cn1ccnc1NCC1CCCCC1Cl. The van der Waals surface area contributed by atoms with Crippen molar-refractivity contribution in [1.29, 1.82) is 0 Å². The van der Waals surface area contributed by atoms with Gasteiger partial charge in [0.05, 0.1) is 0 Å². The van der Waals surface area contributed by atoms with Crippen LogP contribution in [-0.4, -0.2) is 21.5 Å². The smallest absolute Gasteiger partial charge is 0.202 e. The molecule has 2 unspecified atom stereocenters. The highest BCUT2D eigenvalue weighted by Crippen LogP contribution is 2.28. The van der Waals surface area contributed by atoms with Crippen molar-refractivity contribution in [1.82, 2.24) is 9.55 Å². The second-order valence-electron chi connectivity index (χ2n) is 4.30. The zero-order valence-corrected chi connectivity index (χ0v) is 9.87. The summed E-state index contributed by atoms with van der Waals surface area (Å²) in [6, 6.07) is 0. The highest BCUT2D eigenvalue weighted by Gasteiger charge is 2.22. The Kier molecular flexibility index (Phi) is 3.52. The lowest BCUT2D eigenvalue weighted by molar-refractivity contribution is 0.380. The molecular formula is C11H18ClN3. The Morgan fingerprint density at radius 1 is 1.53 bits per heavy atom. The summed E-state index contributed by atoms with van der Waals surface area (Å²) < 4.78 is 1.99. The van der Waals surface area contributed by atoms with Crippen molar-refractivity contribution in [2.75, 3.05) is 11.9 Å². The van der Waals surface area contributed by atoms with Gasteiger partial charge in [0, 0.05) is 31.4 Å². The van der Waals surface area contributed by atoms with E-state index < -0.39 is 0 Å². The second kappa shape index (κ2) is 4.88. The van der Waals surface area contributed by atoms with Crippen molar-refractivity contribution >= 4 is 17.5 Å². The molecule has 2 atom stereocenters. The Bertz CT molecular complexity index is 311. The van der Waals surface area contributed by atoms with E-state index in [9.17, 15) is 0 Å². The van der Waals surface area contributed by atoms with Gasteiger partial charge in [-0.1, -0.05) is 12.8 Å². The molecule has 15 heavy (non-hydrogen) atoms. The van der Waals surface area contributed by atoms with Gasteiger partial charge in [0.1, 0.15) is 0 Å². The normalized spacial score (nSPS) is 26.5. The standard InChI is InChI=1S/C11H18ClN3/c1-15-7-6-13-11(15)14-8-9-4-2-3-5-10(9)12/h6-7,9-10H,2-5,8H2,1H3,(H,13,14). The number of alkyl halides is 1. The lowest BCUT2D eigenvalue weighted by atomic mass is 9.89. The topological polar surface area (TPSA) is 29.9 Å². The highest BCUT2D eigenvalue weighted by atomic mass is 35.5. The first-order valence-corrected chi connectivity index (χ1v) is 6.06. The van der Waals surface area contributed by atoms with Crippen LogP contribution in [-0.2, 0) is 7.05 Å². The predicted octanol–water partition coefficient (Wildman–Crippen LogP) is 2.63. The van der Waals surface area contributed by atoms with E-state index in [0.717, 1.165) is 18.9 Å². The van der Waals surface area contributed by atoms with Crippen molar-refractivity contribution in [2.24, 2.45) is 13.0 Å². The fourth-order valence-corrected chi connectivity index (χ4v) is 2.52. The zero-order chi connectivity index (χ0) is 10.7. The largest absolute Gasteiger partial charge is 0.355 e. The monoisotopic (exact) mass is 227 g/mol. The Morgan fingerprint density at radius 2 is 2.33 bits per heavy atom. The average Bonchev–Trinajstić information content (AvgIpc) is 2.63. The van der Waals surface area contributed by atoms with Crippen LogP contribution in [0, 0.1) is 5.92 Å². The maximum Gasteiger partial charge on any atom is 0.202 e. The molecule has 2 rings (SSSR count). The number of aryl methyl sites for hydroxylation is 1. The van der Waals surface area contributed by atoms with Gasteiger partial charge in [-0.2, -0.15) is 0 Å². The number of hydrogen-bond acceptors (Lipinski definition) is 2. The predicted molar refractivity (Wildman–Crippen MR) is 63.3 cm³/mol. The summed E-state index contributed by atoms with van der Waals surface area (Å²) >= 11 is 6.30. The van der Waals surface area contributed by atoms with E-state index in [0.29, 0.717) is 11.3 Å². The van der Waals surface area contributed by atoms with Gasteiger partial charge in [-0.3, -0.25) is 0 Å². The van der Waals surface area contributed by atoms with Crippen molar-refractivity contribution in [3.63, 3.8) is 0 Å². The third-order valence-corrected chi connectivity index (χ3v) is 3.73. The molecule has 1 saturated carbocycles. The molecule has 0 bridgehead atoms. The van der Waals surface area contributed by atoms with Crippen molar-refractivity contribution in [3.05, 3.63) is 12.4 Å². The van der Waals surface area contributed by atoms with Gasteiger partial charge in [0.2, 0.25) is 5.95 Å². The van der Waals surface area contributed by atoms with Crippen molar-refractivity contribution < 1.29 is 0 Å². The molecule has 1 aliphatic carbocycles. The van der Waals surface area contributed by atoms with Gasteiger partial charge in [0.15, 0.2) is 0 Å². The summed E-state index contributed by atoms with van der Waals surface area (Å²) in [5, 5.41) is 3.70. The lowest BCUT2D eigenvalue weighted by Crippen LogP contribution is -2.27. The number of hydrogen-bond donors (Lipinski definition) is 1. The summed E-state index contributed by atoms with van der Waals surface area (Å²) in [5.74, 6) is 1.53. The van der Waals surface area contributed by atoms with Crippen LogP contribution in [0.2, 0.25) is 0 Å². The maximum absolute atomic E-state index is 6.30. The molecule has 3 nitrogen and oxygen atoms in total. The maximum atomic E-state index is 6.30. The molecule has 0 amide bonds. The summed E-state index contributed by atoms with van der Waals surface area (Å²) in [7, 11) is 1.99. The summed E-state index contributed by atoms with van der Waals surface area (Å²) in [6.45, 7) is 0.943. The van der Waals surface area contributed by atoms with Crippen LogP contribution < -0.4 is 5.32 Å². The molecule has 0 aromatic carbocycles. The Labute approximate surface area is 95.8 Å². The highest BCUT2D eigenvalue weighted by molar-refractivity contribution is 6.20. The van der Waals surface area contributed by atoms with Crippen LogP contribution in [0.25, 0.3) is 0 Å². The first-order valence-electron chi connectivity index (χ1n) is 5.62. The molecule has 1 N–H and O–H groups in total. The molecule has 1 fully saturated rings. The van der Waals surface area contributed by atoms with Crippen LogP contribution in [0.5, 0.6) is 0 Å². The minimum absolute atomic E-state index is 0.339. The summed E-state index contributed by atoms with van der Waals surface area (Å²) in [6.07, 6.45) is 8.76. The van der Waals surface area contributed by atoms with Crippen LogP contribution in [0.3, 0.4) is 0 Å². The summed E-state index contributed by atoms with van der Waals surface area (Å²) in [4.78, 5) is 4.23. The molecule has 84 valence electrons. The number of anilines is 1. The number of nitrogens with one attached hydrogen (secondary N) is 1. The van der Waals surface area contributed by atoms with E-state index in [-0.39, 0.29) is 0 Å². The zero-order valence-electron chi connectivity index (χ0n) is 9.12. The van der Waals surface area contributed by atoms with Gasteiger partial charge >= 0.3 is 0 Å². The third kappa shape index (κ3) is 2.65. The number of aromatic nitrogens is 2. The van der Waals surface area contributed by atoms with E-state index in [1.807, 2.05) is 17.8 Å². The molecule has 0 saturated heterocycles. The fraction of sp³-hybridized carbons (Fsp3) is 0.727. The van der Waals surface area contributed by atoms with Crippen molar-refractivity contribution in [3.8, 4) is 0 Å². The minimum atomic E-state index is 0.339. The minimum Gasteiger partial charge on any atom is -0.355 e. The molecule has 1 heterocycles. The number of nitrogens with zero attached hydrogens (tertiary/aromatic N) is 2. The molecule has 1 aliphatic rings. The molecule has 1 aromatic heterocycles. The molecule has 0 aliphatic heterocycles. The van der Waals surface area contributed by atoms with E-state index in [1.165, 1.54) is 19.3 Å². The van der Waals surface area contributed by atoms with Gasteiger partial charge in [0.25, 0.3) is 0 Å². The quantitative estimate of drug-likeness (QED) is 0.805. The first kappa shape index (κ1) is 10.8. The molecule has 4 heteroatoms. The molecule has 0 radical (unpaired) electrons. The van der Waals surface area contributed by atoms with Crippen LogP contribution in [0.4, 0.5) is 5.95 Å². The molecule has 0 spiro atoms. The van der Waals surface area contributed by atoms with E-state index >= 15 is 0 Å². The first-order chi connectivity index (χ1) is 7.27. The number of imidazole rings is 1. The van der Waals surface area contributed by atoms with Gasteiger partial charge in [-0.15, -0.1) is 11.6 Å². The Morgan fingerprint density at radius 3 is 3.00 bits per heavy atom. The average molecular weight is 228 g/mol. The Hall–Kier alpha value is -0.700. The number of halogens is 1. The number of rotatable bonds is 3. The third-order valence-electron chi connectivity index (χ3n) is 3.16. The Balaban J connectivity index is 1.84. The van der Waals surface area contributed by atoms with Crippen LogP contribution in [0.15, 0.2) is 12.4 Å². The van der Waals surface area contributed by atoms with Crippen LogP contribution in [0.1, 0.15) is 25.7 Å². The van der Waals surface area contributed by atoms with Crippen LogP contribution >= 0.6 is 11.6 Å². The van der Waals surface area contributed by atoms with Crippen molar-refractivity contribution in [2.45, 2.75) is 31.1 Å². The fourth-order valence-electron chi connectivity index (χ4n) is 2.15. The lowest BCUT2D eigenvalue weighted by Gasteiger charge is -2.27. The van der Waals surface area contributed by atoms with E-state index in [4.69, 9.17) is 11.6 Å². The summed E-state index contributed by atoms with van der Waals surface area (Å²) in [5.41, 5.74) is 0. The molecule has 1 aromatic rings. The van der Waals surface area contributed by atoms with E-state index in [2.05, 4.69) is 10.3 Å².